The highest BCUT2D eigenvalue weighted by Crippen LogP contribution is 2.17. The second kappa shape index (κ2) is 4.57. The molecule has 16 heavy (non-hydrogen) atoms. The molecule has 0 spiro atoms. The van der Waals surface area contributed by atoms with E-state index in [9.17, 15) is 9.90 Å². The van der Waals surface area contributed by atoms with Crippen LogP contribution in [0, 0.1) is 0 Å². The van der Waals surface area contributed by atoms with Gasteiger partial charge in [-0.05, 0) is 28.1 Å². The number of carbonyl (C=O) groups is 1. The van der Waals surface area contributed by atoms with Crippen molar-refractivity contribution in [3.05, 3.63) is 22.6 Å². The number of furan rings is 1. The van der Waals surface area contributed by atoms with Crippen LogP contribution in [-0.2, 0) is 0 Å². The molecule has 88 valence electrons. The highest BCUT2D eigenvalue weighted by molar-refractivity contribution is 9.10. The van der Waals surface area contributed by atoms with Gasteiger partial charge >= 0.3 is 0 Å². The van der Waals surface area contributed by atoms with E-state index in [1.807, 2.05) is 0 Å². The number of amides is 1. The van der Waals surface area contributed by atoms with Crippen LogP contribution in [-0.4, -0.2) is 48.2 Å². The fourth-order valence-corrected chi connectivity index (χ4v) is 2.11. The van der Waals surface area contributed by atoms with Crippen molar-refractivity contribution in [1.82, 2.24) is 10.2 Å². The minimum Gasteiger partial charge on any atom is -0.444 e. The largest absolute Gasteiger partial charge is 0.444 e. The van der Waals surface area contributed by atoms with Gasteiger partial charge in [0.25, 0.3) is 5.91 Å². The van der Waals surface area contributed by atoms with Crippen molar-refractivity contribution >= 4 is 21.8 Å². The average Bonchev–Trinajstić information content (AvgIpc) is 2.85. The molecule has 2 atom stereocenters. The number of aliphatic hydroxyl groups excluding tert-OH is 1. The number of rotatable bonds is 2. The van der Waals surface area contributed by atoms with Gasteiger partial charge in [-0.3, -0.25) is 4.79 Å². The maximum Gasteiger partial charge on any atom is 0.289 e. The van der Waals surface area contributed by atoms with Gasteiger partial charge in [0.1, 0.15) is 0 Å². The number of nitrogens with zero attached hydrogens (tertiary/aromatic N) is 1. The van der Waals surface area contributed by atoms with Gasteiger partial charge in [-0.25, -0.2) is 0 Å². The molecule has 1 aliphatic rings. The van der Waals surface area contributed by atoms with E-state index in [4.69, 9.17) is 4.42 Å². The zero-order valence-corrected chi connectivity index (χ0v) is 10.4. The molecular weight excluding hydrogens is 276 g/mol. The Morgan fingerprint density at radius 2 is 2.38 bits per heavy atom. The molecule has 5 nitrogen and oxygen atoms in total. The molecule has 0 saturated carbocycles. The van der Waals surface area contributed by atoms with E-state index in [-0.39, 0.29) is 17.7 Å². The van der Waals surface area contributed by atoms with Crippen molar-refractivity contribution in [2.45, 2.75) is 12.1 Å². The monoisotopic (exact) mass is 288 g/mol. The molecular formula is C10H13BrN2O3. The number of nitrogens with one attached hydrogen (secondary N) is 1. The van der Waals surface area contributed by atoms with Crippen molar-refractivity contribution in [2.75, 3.05) is 20.1 Å². The standard InChI is InChI=1S/C10H13BrN2O3/c1-13(6-4-12-5-7(6)14)10(15)8-2-3-9(11)16-8/h2-3,6-7,12,14H,4-5H2,1H3/t6-,7-/m1/s1. The van der Waals surface area contributed by atoms with Gasteiger partial charge in [0.05, 0.1) is 12.1 Å². The van der Waals surface area contributed by atoms with Crippen LogP contribution in [0.4, 0.5) is 0 Å². The molecule has 0 aliphatic carbocycles. The third kappa shape index (κ3) is 2.14. The van der Waals surface area contributed by atoms with E-state index < -0.39 is 6.10 Å². The van der Waals surface area contributed by atoms with Crippen LogP contribution < -0.4 is 5.32 Å². The van der Waals surface area contributed by atoms with Crippen LogP contribution in [0.15, 0.2) is 21.2 Å². The van der Waals surface area contributed by atoms with Crippen LogP contribution in [0.2, 0.25) is 0 Å². The zero-order chi connectivity index (χ0) is 11.7. The van der Waals surface area contributed by atoms with Crippen LogP contribution in [0.3, 0.4) is 0 Å². The minimum absolute atomic E-state index is 0.198. The summed E-state index contributed by atoms with van der Waals surface area (Å²) in [6.07, 6.45) is -0.521. The predicted molar refractivity (Wildman–Crippen MR) is 61.2 cm³/mol. The fourth-order valence-electron chi connectivity index (χ4n) is 1.80. The SMILES string of the molecule is CN(C(=O)c1ccc(Br)o1)[C@@H]1CNC[C@H]1O. The molecule has 0 radical (unpaired) electrons. The number of likely N-dealkylation sites (N-methyl/N-ethyl adjacent to an activating group) is 1. The molecule has 1 aromatic heterocycles. The molecule has 1 fully saturated rings. The summed E-state index contributed by atoms with van der Waals surface area (Å²) in [7, 11) is 1.67. The molecule has 2 heterocycles. The lowest BCUT2D eigenvalue weighted by molar-refractivity contribution is 0.0551. The lowest BCUT2D eigenvalue weighted by Crippen LogP contribution is -2.44. The summed E-state index contributed by atoms with van der Waals surface area (Å²) in [5.41, 5.74) is 0. The Morgan fingerprint density at radius 3 is 2.88 bits per heavy atom. The fraction of sp³-hybridized carbons (Fsp3) is 0.500. The summed E-state index contributed by atoms with van der Waals surface area (Å²) in [4.78, 5) is 13.5. The van der Waals surface area contributed by atoms with E-state index in [0.717, 1.165) is 0 Å². The van der Waals surface area contributed by atoms with Crippen molar-refractivity contribution in [1.29, 1.82) is 0 Å². The van der Waals surface area contributed by atoms with Gasteiger partial charge in [-0.15, -0.1) is 0 Å². The average molecular weight is 289 g/mol. The van der Waals surface area contributed by atoms with Gasteiger partial charge < -0.3 is 19.7 Å². The lowest BCUT2D eigenvalue weighted by atomic mass is 10.2. The number of halogens is 1. The Labute approximate surface area is 102 Å². The van der Waals surface area contributed by atoms with Gasteiger partial charge in [0, 0.05) is 20.1 Å². The summed E-state index contributed by atoms with van der Waals surface area (Å²) < 4.78 is 5.71. The summed E-state index contributed by atoms with van der Waals surface area (Å²) in [6, 6.07) is 3.08. The lowest BCUT2D eigenvalue weighted by Gasteiger charge is -2.25. The number of β-amino-alcohol motifs (C(OH)–C–C–N with tert-alkyl or cyclic N) is 1. The van der Waals surface area contributed by atoms with Crippen LogP contribution in [0.5, 0.6) is 0 Å². The summed E-state index contributed by atoms with van der Waals surface area (Å²) >= 11 is 3.15. The van der Waals surface area contributed by atoms with E-state index in [1.165, 1.54) is 4.90 Å². The quantitative estimate of drug-likeness (QED) is 0.829. The van der Waals surface area contributed by atoms with Crippen LogP contribution in [0.25, 0.3) is 0 Å². The summed E-state index contributed by atoms with van der Waals surface area (Å²) in [5.74, 6) is 0.0481. The zero-order valence-electron chi connectivity index (χ0n) is 8.81. The molecule has 0 bridgehead atoms. The van der Waals surface area contributed by atoms with Crippen LogP contribution in [0.1, 0.15) is 10.6 Å². The van der Waals surface area contributed by atoms with E-state index in [0.29, 0.717) is 17.8 Å². The second-order valence-electron chi connectivity index (χ2n) is 3.81. The first-order chi connectivity index (χ1) is 7.59. The third-order valence-corrected chi connectivity index (χ3v) is 3.18. The minimum atomic E-state index is -0.521. The summed E-state index contributed by atoms with van der Waals surface area (Å²) in [5, 5.41) is 12.7. The molecule has 0 aromatic carbocycles. The molecule has 1 amide bonds. The maximum absolute atomic E-state index is 12.0. The van der Waals surface area contributed by atoms with E-state index >= 15 is 0 Å². The van der Waals surface area contributed by atoms with E-state index in [2.05, 4.69) is 21.2 Å². The number of carbonyl (C=O) groups excluding carboxylic acids is 1. The van der Waals surface area contributed by atoms with Crippen LogP contribution >= 0.6 is 15.9 Å². The number of hydrogen-bond acceptors (Lipinski definition) is 4. The molecule has 2 rings (SSSR count). The Kier molecular flexibility index (Phi) is 3.32. The second-order valence-corrected chi connectivity index (χ2v) is 4.59. The Hall–Kier alpha value is -0.850. The van der Waals surface area contributed by atoms with Crippen molar-refractivity contribution in [3.63, 3.8) is 0 Å². The number of aliphatic hydroxyl groups is 1. The molecule has 2 N–H and O–H groups in total. The van der Waals surface area contributed by atoms with Crippen molar-refractivity contribution < 1.29 is 14.3 Å². The van der Waals surface area contributed by atoms with Gasteiger partial charge in [0.15, 0.2) is 10.4 Å². The maximum atomic E-state index is 12.0. The normalized spacial score (nSPS) is 24.7. The Bertz CT molecular complexity index is 393. The van der Waals surface area contributed by atoms with Gasteiger partial charge in [-0.1, -0.05) is 0 Å². The van der Waals surface area contributed by atoms with Crippen molar-refractivity contribution in [2.24, 2.45) is 0 Å². The first-order valence-electron chi connectivity index (χ1n) is 5.01. The topological polar surface area (TPSA) is 65.7 Å². The molecule has 6 heteroatoms. The molecule has 1 aromatic rings. The van der Waals surface area contributed by atoms with Crippen molar-refractivity contribution in [3.8, 4) is 0 Å². The molecule has 1 aliphatic heterocycles. The highest BCUT2D eigenvalue weighted by Gasteiger charge is 2.32. The summed E-state index contributed by atoms with van der Waals surface area (Å²) in [6.45, 7) is 1.12. The molecule has 0 unspecified atom stereocenters. The van der Waals surface area contributed by atoms with Gasteiger partial charge in [-0.2, -0.15) is 0 Å². The van der Waals surface area contributed by atoms with Gasteiger partial charge in [0.2, 0.25) is 0 Å². The third-order valence-electron chi connectivity index (χ3n) is 2.75. The first-order valence-corrected chi connectivity index (χ1v) is 5.80. The predicted octanol–water partition coefficient (Wildman–Crippen LogP) is 0.447. The Balaban J connectivity index is 2.10. The molecule has 1 saturated heterocycles. The Morgan fingerprint density at radius 1 is 1.62 bits per heavy atom. The van der Waals surface area contributed by atoms with E-state index in [1.54, 1.807) is 19.2 Å². The number of hydrogen-bond donors (Lipinski definition) is 2. The first kappa shape index (κ1) is 11.6. The smallest absolute Gasteiger partial charge is 0.289 e. The highest BCUT2D eigenvalue weighted by atomic mass is 79.9.